The third kappa shape index (κ3) is 1.78. The predicted octanol–water partition coefficient (Wildman–Crippen LogP) is 0.486. The number of aliphatic hydroxyl groups is 1. The van der Waals surface area contributed by atoms with E-state index in [0.717, 1.165) is 12.7 Å². The number of nitriles is 1. The molecule has 0 amide bonds. The van der Waals surface area contributed by atoms with E-state index < -0.39 is 6.10 Å². The molecule has 0 aliphatic heterocycles. The number of hydrogen-bond acceptors (Lipinski definition) is 3. The number of carbonyl (C=O) groups is 1. The summed E-state index contributed by atoms with van der Waals surface area (Å²) in [7, 11) is 0. The van der Waals surface area contributed by atoms with Gasteiger partial charge in [-0.25, -0.2) is 0 Å². The predicted molar refractivity (Wildman–Crippen MR) is 38.5 cm³/mol. The summed E-state index contributed by atoms with van der Waals surface area (Å²) in [6.07, 6.45) is 2.08. The zero-order valence-corrected chi connectivity index (χ0v) is 6.23. The molecule has 1 aliphatic carbocycles. The van der Waals surface area contributed by atoms with E-state index in [0.29, 0.717) is 12.8 Å². The van der Waals surface area contributed by atoms with E-state index in [9.17, 15) is 9.90 Å². The molecule has 0 bridgehead atoms. The van der Waals surface area contributed by atoms with Crippen molar-refractivity contribution in [3.63, 3.8) is 0 Å². The van der Waals surface area contributed by atoms with E-state index >= 15 is 0 Å². The average molecular weight is 153 g/mol. The van der Waals surface area contributed by atoms with Crippen molar-refractivity contribution in [1.82, 2.24) is 0 Å². The minimum absolute atomic E-state index is 0.0337. The molecule has 0 radical (unpaired) electrons. The normalized spacial score (nSPS) is 37.6. The molecule has 0 spiro atoms. The Balaban J connectivity index is 2.52. The molecule has 60 valence electrons. The van der Waals surface area contributed by atoms with Crippen molar-refractivity contribution >= 4 is 6.29 Å². The Kier molecular flexibility index (Phi) is 2.61. The van der Waals surface area contributed by atoms with E-state index in [4.69, 9.17) is 5.26 Å². The van der Waals surface area contributed by atoms with Crippen LogP contribution < -0.4 is 0 Å². The quantitative estimate of drug-likeness (QED) is 0.557. The van der Waals surface area contributed by atoms with E-state index in [2.05, 4.69) is 6.07 Å². The van der Waals surface area contributed by atoms with Crippen LogP contribution in [0.2, 0.25) is 0 Å². The Labute approximate surface area is 65.6 Å². The van der Waals surface area contributed by atoms with Crippen molar-refractivity contribution in [2.75, 3.05) is 0 Å². The van der Waals surface area contributed by atoms with Gasteiger partial charge in [-0.05, 0) is 19.3 Å². The van der Waals surface area contributed by atoms with E-state index in [1.54, 1.807) is 0 Å². The van der Waals surface area contributed by atoms with Gasteiger partial charge in [0.1, 0.15) is 6.29 Å². The minimum Gasteiger partial charge on any atom is -0.392 e. The van der Waals surface area contributed by atoms with E-state index in [1.807, 2.05) is 0 Å². The van der Waals surface area contributed by atoms with Crippen LogP contribution in [0.3, 0.4) is 0 Å². The summed E-state index contributed by atoms with van der Waals surface area (Å²) >= 11 is 0. The summed E-state index contributed by atoms with van der Waals surface area (Å²) in [5, 5.41) is 17.8. The van der Waals surface area contributed by atoms with Crippen molar-refractivity contribution in [3.05, 3.63) is 0 Å². The molecule has 3 unspecified atom stereocenters. The maximum atomic E-state index is 10.4. The highest BCUT2D eigenvalue weighted by Crippen LogP contribution is 2.27. The standard InChI is InChI=1S/C8H11NO2/c9-4-6-1-2-8(11)7(3-6)5-10/h5-8,11H,1-3H2. The van der Waals surface area contributed by atoms with Gasteiger partial charge in [0.25, 0.3) is 0 Å². The van der Waals surface area contributed by atoms with Crippen LogP contribution in [0.15, 0.2) is 0 Å². The van der Waals surface area contributed by atoms with Gasteiger partial charge in [0, 0.05) is 11.8 Å². The summed E-state index contributed by atoms with van der Waals surface area (Å²) in [6.45, 7) is 0. The van der Waals surface area contributed by atoms with Crippen LogP contribution in [-0.2, 0) is 4.79 Å². The molecule has 0 heterocycles. The lowest BCUT2D eigenvalue weighted by Crippen LogP contribution is -2.29. The van der Waals surface area contributed by atoms with Gasteiger partial charge in [-0.15, -0.1) is 0 Å². The highest BCUT2D eigenvalue weighted by Gasteiger charge is 2.28. The molecule has 1 aliphatic rings. The molecule has 3 heteroatoms. The summed E-state index contributed by atoms with van der Waals surface area (Å²) in [5.74, 6) is -0.345. The van der Waals surface area contributed by atoms with Gasteiger partial charge < -0.3 is 9.90 Å². The van der Waals surface area contributed by atoms with Crippen LogP contribution in [0.4, 0.5) is 0 Å². The first-order valence-corrected chi connectivity index (χ1v) is 3.81. The second-order valence-corrected chi connectivity index (χ2v) is 3.01. The van der Waals surface area contributed by atoms with Crippen molar-refractivity contribution < 1.29 is 9.90 Å². The largest absolute Gasteiger partial charge is 0.392 e. The van der Waals surface area contributed by atoms with Crippen molar-refractivity contribution in [1.29, 1.82) is 5.26 Å². The number of rotatable bonds is 1. The SMILES string of the molecule is N#CC1CCC(O)C(C=O)C1. The highest BCUT2D eigenvalue weighted by molar-refractivity contribution is 5.54. The second-order valence-electron chi connectivity index (χ2n) is 3.01. The van der Waals surface area contributed by atoms with Crippen LogP contribution in [0.1, 0.15) is 19.3 Å². The Bertz CT molecular complexity index is 185. The van der Waals surface area contributed by atoms with Gasteiger partial charge in [-0.1, -0.05) is 0 Å². The number of hydrogen-bond donors (Lipinski definition) is 1. The Hall–Kier alpha value is -0.880. The average Bonchev–Trinajstić information content (AvgIpc) is 2.05. The topological polar surface area (TPSA) is 61.1 Å². The molecule has 1 fully saturated rings. The summed E-state index contributed by atoms with van der Waals surface area (Å²) in [6, 6.07) is 2.12. The van der Waals surface area contributed by atoms with Crippen LogP contribution in [0.5, 0.6) is 0 Å². The zero-order chi connectivity index (χ0) is 8.27. The summed E-state index contributed by atoms with van der Waals surface area (Å²) in [5.41, 5.74) is 0. The molecule has 11 heavy (non-hydrogen) atoms. The Morgan fingerprint density at radius 1 is 1.55 bits per heavy atom. The van der Waals surface area contributed by atoms with Gasteiger partial charge >= 0.3 is 0 Å². The lowest BCUT2D eigenvalue weighted by molar-refractivity contribution is -0.116. The zero-order valence-electron chi connectivity index (χ0n) is 6.23. The lowest BCUT2D eigenvalue weighted by Gasteiger charge is -2.25. The molecule has 1 saturated carbocycles. The number of nitrogens with zero attached hydrogens (tertiary/aromatic N) is 1. The van der Waals surface area contributed by atoms with Crippen LogP contribution in [0, 0.1) is 23.2 Å². The third-order valence-electron chi connectivity index (χ3n) is 2.22. The Morgan fingerprint density at radius 3 is 2.82 bits per heavy atom. The summed E-state index contributed by atoms with van der Waals surface area (Å²) < 4.78 is 0. The second kappa shape index (κ2) is 3.49. The minimum atomic E-state index is -0.517. The van der Waals surface area contributed by atoms with Crippen molar-refractivity contribution in [3.8, 4) is 6.07 Å². The van der Waals surface area contributed by atoms with Gasteiger partial charge in [-0.2, -0.15) is 5.26 Å². The number of aliphatic hydroxyl groups excluding tert-OH is 1. The molecular formula is C8H11NO2. The van der Waals surface area contributed by atoms with Crippen LogP contribution in [-0.4, -0.2) is 17.5 Å². The fourth-order valence-corrected chi connectivity index (χ4v) is 1.45. The Morgan fingerprint density at radius 2 is 2.27 bits per heavy atom. The molecule has 0 aromatic heterocycles. The fraction of sp³-hybridized carbons (Fsp3) is 0.750. The maximum absolute atomic E-state index is 10.4. The monoisotopic (exact) mass is 153 g/mol. The molecule has 3 atom stereocenters. The molecule has 0 saturated heterocycles. The smallest absolute Gasteiger partial charge is 0.125 e. The van der Waals surface area contributed by atoms with Gasteiger partial charge in [0.2, 0.25) is 0 Å². The van der Waals surface area contributed by atoms with Gasteiger partial charge in [0.15, 0.2) is 0 Å². The molecule has 1 N–H and O–H groups in total. The maximum Gasteiger partial charge on any atom is 0.125 e. The van der Waals surface area contributed by atoms with Crippen LogP contribution in [0.25, 0.3) is 0 Å². The number of aldehydes is 1. The van der Waals surface area contributed by atoms with Crippen LogP contribution >= 0.6 is 0 Å². The summed E-state index contributed by atoms with van der Waals surface area (Å²) in [4.78, 5) is 10.4. The van der Waals surface area contributed by atoms with Gasteiger partial charge in [-0.3, -0.25) is 0 Å². The van der Waals surface area contributed by atoms with E-state index in [1.165, 1.54) is 0 Å². The first-order chi connectivity index (χ1) is 5.27. The van der Waals surface area contributed by atoms with E-state index in [-0.39, 0.29) is 11.8 Å². The molecule has 0 aromatic rings. The highest BCUT2D eigenvalue weighted by atomic mass is 16.3. The first kappa shape index (κ1) is 8.22. The number of carbonyl (C=O) groups excluding carboxylic acids is 1. The fourth-order valence-electron chi connectivity index (χ4n) is 1.45. The third-order valence-corrected chi connectivity index (χ3v) is 2.22. The lowest BCUT2D eigenvalue weighted by atomic mass is 9.81. The van der Waals surface area contributed by atoms with Crippen molar-refractivity contribution in [2.24, 2.45) is 11.8 Å². The molecule has 0 aromatic carbocycles. The van der Waals surface area contributed by atoms with Gasteiger partial charge in [0.05, 0.1) is 12.2 Å². The first-order valence-electron chi connectivity index (χ1n) is 3.81. The molecule has 1 rings (SSSR count). The molecular weight excluding hydrogens is 142 g/mol. The van der Waals surface area contributed by atoms with Crippen molar-refractivity contribution in [2.45, 2.75) is 25.4 Å². The molecule has 3 nitrogen and oxygen atoms in total.